The predicted octanol–water partition coefficient (Wildman–Crippen LogP) is 2.09. The number of fused-ring (bicyclic) bond motifs is 1. The van der Waals surface area contributed by atoms with E-state index in [-0.39, 0.29) is 11.5 Å². The van der Waals surface area contributed by atoms with Gasteiger partial charge in [-0.05, 0) is 18.2 Å². The zero-order valence-electron chi connectivity index (χ0n) is 20.7. The van der Waals surface area contributed by atoms with Gasteiger partial charge in [0.05, 0.1) is 35.5 Å². The monoisotopic (exact) mass is 535 g/mol. The van der Waals surface area contributed by atoms with Gasteiger partial charge in [0.2, 0.25) is 11.9 Å². The van der Waals surface area contributed by atoms with Gasteiger partial charge >= 0.3 is 0 Å². The number of pyridine rings is 1. The molecule has 0 atom stereocenters. The highest BCUT2D eigenvalue weighted by Gasteiger charge is 2.21. The summed E-state index contributed by atoms with van der Waals surface area (Å²) in [5.74, 6) is 1.42. The van der Waals surface area contributed by atoms with E-state index in [0.29, 0.717) is 37.3 Å². The fraction of sp³-hybridized carbons (Fsp3) is 0.292. The van der Waals surface area contributed by atoms with Gasteiger partial charge in [-0.15, -0.1) is 11.3 Å². The summed E-state index contributed by atoms with van der Waals surface area (Å²) in [7, 11) is 1.85. The Labute approximate surface area is 221 Å². The largest absolute Gasteiger partial charge is 0.378 e. The van der Waals surface area contributed by atoms with Gasteiger partial charge in [0.1, 0.15) is 5.82 Å². The first kappa shape index (κ1) is 25.4. The molecule has 0 aromatic carbocycles. The van der Waals surface area contributed by atoms with Crippen molar-refractivity contribution < 1.29 is 19.5 Å². The lowest BCUT2D eigenvalue weighted by molar-refractivity contribution is -0.114. The zero-order valence-corrected chi connectivity index (χ0v) is 21.5. The Kier molecular flexibility index (Phi) is 7.35. The number of ether oxygens (including phenoxy) is 1. The van der Waals surface area contributed by atoms with Gasteiger partial charge in [0.15, 0.2) is 11.6 Å². The average Bonchev–Trinajstić information content (AvgIpc) is 3.35. The number of hydrogen-bond acceptors (Lipinski definition) is 12. The van der Waals surface area contributed by atoms with Crippen LogP contribution in [0.2, 0.25) is 0 Å². The van der Waals surface area contributed by atoms with E-state index in [0.717, 1.165) is 39.6 Å². The van der Waals surface area contributed by atoms with Crippen LogP contribution in [-0.4, -0.2) is 75.3 Å². The van der Waals surface area contributed by atoms with Gasteiger partial charge in [-0.25, -0.2) is 30.4 Å². The summed E-state index contributed by atoms with van der Waals surface area (Å²) in [6.45, 7) is 4.63. The topological polar surface area (TPSA) is 159 Å². The van der Waals surface area contributed by atoms with Gasteiger partial charge in [0, 0.05) is 56.1 Å². The minimum Gasteiger partial charge on any atom is -0.378 e. The van der Waals surface area contributed by atoms with Crippen molar-refractivity contribution >= 4 is 51.0 Å². The highest BCUT2D eigenvalue weighted by Crippen LogP contribution is 2.35. The molecule has 5 rings (SSSR count). The van der Waals surface area contributed by atoms with E-state index in [4.69, 9.17) is 19.9 Å². The Morgan fingerprint density at radius 2 is 1.89 bits per heavy atom. The van der Waals surface area contributed by atoms with Crippen molar-refractivity contribution in [1.82, 2.24) is 30.4 Å². The van der Waals surface area contributed by atoms with Crippen molar-refractivity contribution in [3.63, 3.8) is 0 Å². The lowest BCUT2D eigenvalue weighted by Gasteiger charge is -2.28. The number of hydroxylamine groups is 1. The van der Waals surface area contributed by atoms with E-state index in [1.165, 1.54) is 19.3 Å². The molecule has 5 heterocycles. The fourth-order valence-electron chi connectivity index (χ4n) is 3.95. The normalized spacial score (nSPS) is 13.4. The highest BCUT2D eigenvalue weighted by molar-refractivity contribution is 7.19. The molecule has 38 heavy (non-hydrogen) atoms. The molecule has 0 saturated carbocycles. The van der Waals surface area contributed by atoms with E-state index >= 15 is 0 Å². The minimum absolute atomic E-state index is 0.157. The highest BCUT2D eigenvalue weighted by atomic mass is 32.1. The van der Waals surface area contributed by atoms with Gasteiger partial charge in [-0.2, -0.15) is 0 Å². The second-order valence-electron chi connectivity index (χ2n) is 8.58. The second kappa shape index (κ2) is 11.0. The number of anilines is 3. The molecular weight excluding hydrogens is 510 g/mol. The molecule has 4 aromatic rings. The Bertz CT molecular complexity index is 1450. The van der Waals surface area contributed by atoms with Crippen LogP contribution in [0.4, 0.5) is 17.6 Å². The summed E-state index contributed by atoms with van der Waals surface area (Å²) in [6.07, 6.45) is 4.36. The molecule has 0 aliphatic carbocycles. The lowest BCUT2D eigenvalue weighted by Crippen LogP contribution is -2.36. The number of morpholine rings is 1. The number of nitrogens with one attached hydrogen (secondary N) is 2. The van der Waals surface area contributed by atoms with E-state index in [1.807, 2.05) is 24.1 Å². The molecule has 1 saturated heterocycles. The smallest absolute Gasteiger partial charge is 0.277 e. The van der Waals surface area contributed by atoms with E-state index in [1.54, 1.807) is 29.1 Å². The molecule has 3 N–H and O–H groups in total. The molecule has 1 fully saturated rings. The molecular formula is C24H25N9O4S. The predicted molar refractivity (Wildman–Crippen MR) is 141 cm³/mol. The molecule has 0 spiro atoms. The van der Waals surface area contributed by atoms with Crippen molar-refractivity contribution in [3.8, 4) is 11.4 Å². The molecule has 14 heteroatoms. The van der Waals surface area contributed by atoms with Crippen molar-refractivity contribution in [2.45, 2.75) is 13.5 Å². The second-order valence-corrected chi connectivity index (χ2v) is 9.72. The van der Waals surface area contributed by atoms with Crippen molar-refractivity contribution in [2.75, 3.05) is 48.5 Å². The number of carbonyl (C=O) groups excluding carboxylic acids is 2. The standard InChI is InChI=1S/C24H25N9O4S/c1-14(34)28-19-4-3-15(10-25-19)21-29-18-9-17(38-20(18)22(30-21)33-5-7-37-8-6-33)13-32(2)24-26-11-16(12-27-24)23(35)31-36/h3-4,9-12,36H,5-8,13H2,1-2H3,(H,31,35)(H,25,28,34). The first-order valence-corrected chi connectivity index (χ1v) is 12.6. The van der Waals surface area contributed by atoms with Crippen LogP contribution >= 0.6 is 11.3 Å². The van der Waals surface area contributed by atoms with Gasteiger partial charge in [-0.3, -0.25) is 14.8 Å². The van der Waals surface area contributed by atoms with Crippen LogP contribution in [0, 0.1) is 0 Å². The lowest BCUT2D eigenvalue weighted by atomic mass is 10.2. The van der Waals surface area contributed by atoms with Crippen molar-refractivity contribution in [3.05, 3.63) is 47.2 Å². The first-order chi connectivity index (χ1) is 18.4. The molecule has 0 bridgehead atoms. The van der Waals surface area contributed by atoms with Gasteiger partial charge < -0.3 is 19.9 Å². The Hall–Kier alpha value is -4.27. The van der Waals surface area contributed by atoms with Crippen LogP contribution in [0.1, 0.15) is 22.2 Å². The zero-order chi connectivity index (χ0) is 26.6. The number of hydrogen-bond donors (Lipinski definition) is 3. The van der Waals surface area contributed by atoms with E-state index in [9.17, 15) is 9.59 Å². The van der Waals surface area contributed by atoms with Crippen LogP contribution in [0.5, 0.6) is 0 Å². The van der Waals surface area contributed by atoms with Crippen LogP contribution in [-0.2, 0) is 16.1 Å². The number of thiophene rings is 1. The fourth-order valence-corrected chi connectivity index (χ4v) is 5.11. The summed E-state index contributed by atoms with van der Waals surface area (Å²) in [4.78, 5) is 50.5. The molecule has 1 aliphatic heterocycles. The van der Waals surface area contributed by atoms with Crippen LogP contribution in [0.25, 0.3) is 21.6 Å². The van der Waals surface area contributed by atoms with Crippen LogP contribution in [0.15, 0.2) is 36.8 Å². The maximum Gasteiger partial charge on any atom is 0.277 e. The van der Waals surface area contributed by atoms with Crippen molar-refractivity contribution in [1.29, 1.82) is 0 Å². The number of aromatic nitrogens is 5. The van der Waals surface area contributed by atoms with E-state index < -0.39 is 5.91 Å². The summed E-state index contributed by atoms with van der Waals surface area (Å²) in [5.41, 5.74) is 3.27. The van der Waals surface area contributed by atoms with Crippen LogP contribution < -0.4 is 20.6 Å². The summed E-state index contributed by atoms with van der Waals surface area (Å²) in [6, 6.07) is 5.59. The van der Waals surface area contributed by atoms with Gasteiger partial charge in [-0.1, -0.05) is 0 Å². The SMILES string of the molecule is CC(=O)Nc1ccc(-c2nc(N3CCOCC3)c3sc(CN(C)c4ncc(C(=O)NO)cn4)cc3n2)cn1. The Morgan fingerprint density at radius 1 is 1.13 bits per heavy atom. The third-order valence-corrected chi connectivity index (χ3v) is 6.88. The first-order valence-electron chi connectivity index (χ1n) is 11.8. The summed E-state index contributed by atoms with van der Waals surface area (Å²) >= 11 is 1.60. The third-order valence-electron chi connectivity index (χ3n) is 5.78. The van der Waals surface area contributed by atoms with E-state index in [2.05, 4.69) is 25.2 Å². The molecule has 13 nitrogen and oxygen atoms in total. The maximum absolute atomic E-state index is 11.5. The Morgan fingerprint density at radius 3 is 2.55 bits per heavy atom. The Balaban J connectivity index is 1.46. The van der Waals surface area contributed by atoms with Crippen LogP contribution in [0.3, 0.4) is 0 Å². The summed E-state index contributed by atoms with van der Waals surface area (Å²) < 4.78 is 6.51. The summed E-state index contributed by atoms with van der Waals surface area (Å²) in [5, 5.41) is 11.4. The number of amides is 2. The molecule has 4 aromatic heterocycles. The molecule has 2 amide bonds. The number of nitrogens with zero attached hydrogens (tertiary/aromatic N) is 7. The minimum atomic E-state index is -0.673. The quantitative estimate of drug-likeness (QED) is 0.235. The van der Waals surface area contributed by atoms with Crippen molar-refractivity contribution in [2.24, 2.45) is 0 Å². The number of carbonyl (C=O) groups is 2. The molecule has 0 radical (unpaired) electrons. The molecule has 0 unspecified atom stereocenters. The average molecular weight is 536 g/mol. The molecule has 1 aliphatic rings. The maximum atomic E-state index is 11.5. The molecule has 196 valence electrons. The third kappa shape index (κ3) is 5.51. The van der Waals surface area contributed by atoms with Gasteiger partial charge in [0.25, 0.3) is 5.91 Å². The number of rotatable bonds is 7.